The average Bonchev–Trinajstić information content (AvgIpc) is 2.36. The van der Waals surface area contributed by atoms with E-state index in [1.54, 1.807) is 7.05 Å². The zero-order chi connectivity index (χ0) is 12.5. The zero-order valence-corrected chi connectivity index (χ0v) is 11.0. The van der Waals surface area contributed by atoms with Crippen molar-refractivity contribution in [3.05, 3.63) is 0 Å². The smallest absolute Gasteiger partial charge is 0.323 e. The van der Waals surface area contributed by atoms with Crippen LogP contribution in [0.2, 0.25) is 0 Å². The van der Waals surface area contributed by atoms with Gasteiger partial charge in [0.2, 0.25) is 0 Å². The second-order valence-electron chi connectivity index (χ2n) is 4.51. The Hall–Kier alpha value is -0.610. The predicted molar refractivity (Wildman–Crippen MR) is 66.9 cm³/mol. The van der Waals surface area contributed by atoms with Crippen LogP contribution in [0.3, 0.4) is 0 Å². The maximum Gasteiger partial charge on any atom is 0.323 e. The Balaban J connectivity index is 2.16. The molecule has 1 aliphatic rings. The highest BCUT2D eigenvalue weighted by Crippen LogP contribution is 2.20. The van der Waals surface area contributed by atoms with E-state index >= 15 is 0 Å². The van der Waals surface area contributed by atoms with Gasteiger partial charge in [0.25, 0.3) is 0 Å². The van der Waals surface area contributed by atoms with Gasteiger partial charge >= 0.3 is 5.97 Å². The van der Waals surface area contributed by atoms with Gasteiger partial charge in [0.15, 0.2) is 0 Å². The van der Waals surface area contributed by atoms with E-state index in [4.69, 9.17) is 9.47 Å². The summed E-state index contributed by atoms with van der Waals surface area (Å²) in [5.74, 6) is -0.178. The van der Waals surface area contributed by atoms with Crippen LogP contribution in [0.1, 0.15) is 45.4 Å². The molecule has 1 rings (SSSR count). The number of carbonyl (C=O) groups is 1. The van der Waals surface area contributed by atoms with Gasteiger partial charge in [-0.15, -0.1) is 0 Å². The molecule has 0 radical (unpaired) electrons. The number of nitrogens with one attached hydrogen (secondary N) is 1. The van der Waals surface area contributed by atoms with Crippen LogP contribution in [-0.4, -0.2) is 38.4 Å². The number of ether oxygens (including phenoxy) is 2. The van der Waals surface area contributed by atoms with Crippen LogP contribution in [0, 0.1) is 0 Å². The SMILES string of the molecule is CCOC(=O)C(CCOC1CCCCC1)NC. The van der Waals surface area contributed by atoms with Gasteiger partial charge in [-0.25, -0.2) is 0 Å². The first kappa shape index (κ1) is 14.5. The lowest BCUT2D eigenvalue weighted by Crippen LogP contribution is -2.37. The molecule has 0 heterocycles. The summed E-state index contributed by atoms with van der Waals surface area (Å²) in [5, 5.41) is 2.97. The van der Waals surface area contributed by atoms with Crippen LogP contribution in [0.15, 0.2) is 0 Å². The molecule has 4 nitrogen and oxygen atoms in total. The fraction of sp³-hybridized carbons (Fsp3) is 0.923. The van der Waals surface area contributed by atoms with Crippen molar-refractivity contribution in [2.75, 3.05) is 20.3 Å². The summed E-state index contributed by atoms with van der Waals surface area (Å²) in [7, 11) is 1.78. The van der Waals surface area contributed by atoms with E-state index in [1.807, 2.05) is 6.92 Å². The molecule has 1 fully saturated rings. The Morgan fingerprint density at radius 2 is 2.06 bits per heavy atom. The summed E-state index contributed by atoms with van der Waals surface area (Å²) in [4.78, 5) is 11.5. The van der Waals surface area contributed by atoms with Gasteiger partial charge in [-0.05, 0) is 33.2 Å². The number of hydrogen-bond acceptors (Lipinski definition) is 4. The summed E-state index contributed by atoms with van der Waals surface area (Å²) in [6.07, 6.45) is 7.32. The molecule has 100 valence electrons. The molecule has 1 aliphatic carbocycles. The Bertz CT molecular complexity index is 215. The first-order valence-corrected chi connectivity index (χ1v) is 6.73. The van der Waals surface area contributed by atoms with Gasteiger partial charge < -0.3 is 14.8 Å². The molecule has 1 unspecified atom stereocenters. The third-order valence-electron chi connectivity index (χ3n) is 3.23. The number of hydrogen-bond donors (Lipinski definition) is 1. The maximum absolute atomic E-state index is 11.5. The van der Waals surface area contributed by atoms with Crippen LogP contribution >= 0.6 is 0 Å². The van der Waals surface area contributed by atoms with Gasteiger partial charge in [-0.2, -0.15) is 0 Å². The van der Waals surface area contributed by atoms with Crippen molar-refractivity contribution < 1.29 is 14.3 Å². The van der Waals surface area contributed by atoms with Crippen LogP contribution in [-0.2, 0) is 14.3 Å². The van der Waals surface area contributed by atoms with E-state index < -0.39 is 0 Å². The highest BCUT2D eigenvalue weighted by molar-refractivity contribution is 5.75. The molecule has 1 saturated carbocycles. The molecule has 0 spiro atoms. The molecule has 17 heavy (non-hydrogen) atoms. The van der Waals surface area contributed by atoms with Crippen LogP contribution in [0.4, 0.5) is 0 Å². The van der Waals surface area contributed by atoms with Crippen LogP contribution in [0.5, 0.6) is 0 Å². The van der Waals surface area contributed by atoms with Crippen molar-refractivity contribution in [3.8, 4) is 0 Å². The van der Waals surface area contributed by atoms with Gasteiger partial charge in [0.1, 0.15) is 6.04 Å². The van der Waals surface area contributed by atoms with Crippen molar-refractivity contribution in [1.82, 2.24) is 5.32 Å². The monoisotopic (exact) mass is 243 g/mol. The Morgan fingerprint density at radius 3 is 2.65 bits per heavy atom. The minimum atomic E-state index is -0.237. The molecule has 0 bridgehead atoms. The molecular formula is C13H25NO3. The van der Waals surface area contributed by atoms with Gasteiger partial charge in [0.05, 0.1) is 12.7 Å². The lowest BCUT2D eigenvalue weighted by molar-refractivity contribution is -0.146. The Morgan fingerprint density at radius 1 is 1.35 bits per heavy atom. The highest BCUT2D eigenvalue weighted by Gasteiger charge is 2.19. The Labute approximate surface area is 104 Å². The van der Waals surface area contributed by atoms with Crippen molar-refractivity contribution >= 4 is 5.97 Å². The molecule has 0 saturated heterocycles. The summed E-state index contributed by atoms with van der Waals surface area (Å²) in [6.45, 7) is 2.89. The topological polar surface area (TPSA) is 47.6 Å². The second kappa shape index (κ2) is 8.48. The van der Waals surface area contributed by atoms with E-state index in [2.05, 4.69) is 5.32 Å². The highest BCUT2D eigenvalue weighted by atomic mass is 16.5. The molecule has 0 aliphatic heterocycles. The van der Waals surface area contributed by atoms with Crippen molar-refractivity contribution in [3.63, 3.8) is 0 Å². The van der Waals surface area contributed by atoms with E-state index in [9.17, 15) is 4.79 Å². The lowest BCUT2D eigenvalue weighted by Gasteiger charge is -2.23. The van der Waals surface area contributed by atoms with Gasteiger partial charge in [-0.3, -0.25) is 4.79 Å². The quantitative estimate of drug-likeness (QED) is 0.694. The zero-order valence-electron chi connectivity index (χ0n) is 11.0. The number of rotatable bonds is 7. The molecule has 0 aromatic carbocycles. The van der Waals surface area contributed by atoms with Gasteiger partial charge in [0, 0.05) is 6.61 Å². The number of likely N-dealkylation sites (N-methyl/N-ethyl adjacent to an activating group) is 1. The minimum Gasteiger partial charge on any atom is -0.465 e. The maximum atomic E-state index is 11.5. The molecule has 0 amide bonds. The normalized spacial score (nSPS) is 18.9. The van der Waals surface area contributed by atoms with E-state index in [0.717, 1.165) is 0 Å². The fourth-order valence-electron chi connectivity index (χ4n) is 2.21. The standard InChI is InChI=1S/C13H25NO3/c1-3-16-13(15)12(14-2)9-10-17-11-7-5-4-6-8-11/h11-12,14H,3-10H2,1-2H3. The second-order valence-corrected chi connectivity index (χ2v) is 4.51. The summed E-state index contributed by atoms with van der Waals surface area (Å²) >= 11 is 0. The summed E-state index contributed by atoms with van der Waals surface area (Å²) in [5.41, 5.74) is 0. The largest absolute Gasteiger partial charge is 0.465 e. The fourth-order valence-corrected chi connectivity index (χ4v) is 2.21. The van der Waals surface area contributed by atoms with Gasteiger partial charge in [-0.1, -0.05) is 19.3 Å². The first-order valence-electron chi connectivity index (χ1n) is 6.73. The average molecular weight is 243 g/mol. The van der Waals surface area contributed by atoms with Crippen molar-refractivity contribution in [2.45, 2.75) is 57.6 Å². The molecule has 1 N–H and O–H groups in total. The van der Waals surface area contributed by atoms with E-state index in [-0.39, 0.29) is 12.0 Å². The first-order chi connectivity index (χ1) is 8.27. The van der Waals surface area contributed by atoms with Crippen LogP contribution < -0.4 is 5.32 Å². The van der Waals surface area contributed by atoms with E-state index in [0.29, 0.717) is 25.7 Å². The number of esters is 1. The lowest BCUT2D eigenvalue weighted by atomic mass is 9.98. The number of carbonyl (C=O) groups excluding carboxylic acids is 1. The third-order valence-corrected chi connectivity index (χ3v) is 3.23. The summed E-state index contributed by atoms with van der Waals surface area (Å²) in [6, 6.07) is -0.237. The molecule has 4 heteroatoms. The molecule has 1 atom stereocenters. The molecule has 0 aromatic rings. The predicted octanol–water partition coefficient (Wildman–Crippen LogP) is 1.88. The van der Waals surface area contributed by atoms with Crippen LogP contribution in [0.25, 0.3) is 0 Å². The molecule has 0 aromatic heterocycles. The third kappa shape index (κ3) is 5.50. The molecular weight excluding hydrogens is 218 g/mol. The van der Waals surface area contributed by atoms with E-state index in [1.165, 1.54) is 32.1 Å². The van der Waals surface area contributed by atoms with Crippen molar-refractivity contribution in [1.29, 1.82) is 0 Å². The minimum absolute atomic E-state index is 0.178. The summed E-state index contributed by atoms with van der Waals surface area (Å²) < 4.78 is 10.8. The Kier molecular flexibility index (Phi) is 7.21. The van der Waals surface area contributed by atoms with Crippen molar-refractivity contribution in [2.24, 2.45) is 0 Å².